The Labute approximate surface area is 187 Å². The summed E-state index contributed by atoms with van der Waals surface area (Å²) in [6.45, 7) is 4.56. The van der Waals surface area contributed by atoms with Crippen molar-refractivity contribution in [2.45, 2.75) is 50.5 Å². The highest BCUT2D eigenvalue weighted by Gasteiger charge is 2.27. The van der Waals surface area contributed by atoms with Crippen LogP contribution in [0.3, 0.4) is 0 Å². The van der Waals surface area contributed by atoms with E-state index in [0.717, 1.165) is 19.3 Å². The van der Waals surface area contributed by atoms with E-state index in [2.05, 4.69) is 5.32 Å². The van der Waals surface area contributed by atoms with Crippen molar-refractivity contribution in [1.29, 1.82) is 0 Å². The van der Waals surface area contributed by atoms with Gasteiger partial charge < -0.3 is 10.1 Å². The molecule has 0 spiro atoms. The summed E-state index contributed by atoms with van der Waals surface area (Å²) >= 11 is 0. The lowest BCUT2D eigenvalue weighted by molar-refractivity contribution is -0.385. The second-order valence-corrected chi connectivity index (χ2v) is 9.84. The molecule has 1 N–H and O–H groups in total. The third-order valence-corrected chi connectivity index (χ3v) is 6.97. The van der Waals surface area contributed by atoms with Crippen molar-refractivity contribution in [3.63, 3.8) is 0 Å². The molecule has 0 aromatic heterocycles. The summed E-state index contributed by atoms with van der Waals surface area (Å²) in [5, 5.41) is 13.9. The minimum Gasteiger partial charge on any atom is -0.489 e. The van der Waals surface area contributed by atoms with Gasteiger partial charge in [-0.2, -0.15) is 4.31 Å². The molecule has 0 saturated carbocycles. The number of nitrogens with zero attached hydrogens (tertiary/aromatic N) is 2. The third kappa shape index (κ3) is 5.63. The van der Waals surface area contributed by atoms with E-state index in [-0.39, 0.29) is 34.4 Å². The van der Waals surface area contributed by atoms with Gasteiger partial charge in [0.05, 0.1) is 28.0 Å². The average molecular weight is 462 g/mol. The number of benzene rings is 2. The fraction of sp³-hybridized carbons (Fsp3) is 0.409. The summed E-state index contributed by atoms with van der Waals surface area (Å²) in [5.74, 6) is -0.186. The van der Waals surface area contributed by atoms with Crippen LogP contribution in [-0.4, -0.2) is 42.7 Å². The lowest BCUT2D eigenvalue weighted by atomic mass is 10.1. The van der Waals surface area contributed by atoms with Crippen molar-refractivity contribution in [3.8, 4) is 5.75 Å². The van der Waals surface area contributed by atoms with Crippen molar-refractivity contribution in [2.24, 2.45) is 0 Å². The average Bonchev–Trinajstić information content (AvgIpc) is 2.75. The first-order valence-electron chi connectivity index (χ1n) is 10.5. The van der Waals surface area contributed by atoms with Gasteiger partial charge in [-0.05, 0) is 44.9 Å². The number of ether oxygens (including phenoxy) is 1. The fourth-order valence-electron chi connectivity index (χ4n) is 3.58. The van der Waals surface area contributed by atoms with Gasteiger partial charge in [0.1, 0.15) is 5.75 Å². The predicted molar refractivity (Wildman–Crippen MR) is 120 cm³/mol. The standard InChI is InChI=1S/C22H27N3O6S/c1-16(2)31-21-11-10-18(32(29,30)24-12-6-3-7-13-24)15-19(21)23-22(26)14-17-8-4-5-9-20(17)25(27)28/h4-5,8-11,15-16H,3,6-7,12-14H2,1-2H3,(H,23,26). The second kappa shape index (κ2) is 10.1. The molecule has 1 aliphatic rings. The van der Waals surface area contributed by atoms with Gasteiger partial charge in [0.25, 0.3) is 5.69 Å². The second-order valence-electron chi connectivity index (χ2n) is 7.90. The Balaban J connectivity index is 1.89. The molecular formula is C22H27N3O6S. The monoisotopic (exact) mass is 461 g/mol. The minimum absolute atomic E-state index is 0.0662. The summed E-state index contributed by atoms with van der Waals surface area (Å²) in [7, 11) is -3.71. The molecule has 0 atom stereocenters. The number of hydrogen-bond donors (Lipinski definition) is 1. The molecule has 1 saturated heterocycles. The van der Waals surface area contributed by atoms with Crippen molar-refractivity contribution < 1.29 is 22.9 Å². The minimum atomic E-state index is -3.71. The van der Waals surface area contributed by atoms with Gasteiger partial charge in [-0.1, -0.05) is 24.6 Å². The summed E-state index contributed by atoms with van der Waals surface area (Å²) in [6.07, 6.45) is 2.19. The van der Waals surface area contributed by atoms with Crippen LogP contribution in [0.1, 0.15) is 38.7 Å². The van der Waals surface area contributed by atoms with E-state index in [1.807, 2.05) is 13.8 Å². The van der Waals surface area contributed by atoms with Crippen LogP contribution in [0.5, 0.6) is 5.75 Å². The molecular weight excluding hydrogens is 434 g/mol. The molecule has 0 unspecified atom stereocenters. The van der Waals surface area contributed by atoms with Gasteiger partial charge in [0.15, 0.2) is 0 Å². The number of amides is 1. The quantitative estimate of drug-likeness (QED) is 0.472. The number of rotatable bonds is 8. The molecule has 1 heterocycles. The topological polar surface area (TPSA) is 119 Å². The molecule has 1 aliphatic heterocycles. The first-order chi connectivity index (χ1) is 15.2. The van der Waals surface area contributed by atoms with Gasteiger partial charge in [-0.15, -0.1) is 0 Å². The Hall–Kier alpha value is -2.98. The van der Waals surface area contributed by atoms with E-state index < -0.39 is 20.9 Å². The fourth-order valence-corrected chi connectivity index (χ4v) is 5.13. The Kier molecular flexibility index (Phi) is 7.47. The first kappa shape index (κ1) is 23.7. The number of anilines is 1. The van der Waals surface area contributed by atoms with Crippen LogP contribution >= 0.6 is 0 Å². The van der Waals surface area contributed by atoms with Crippen molar-refractivity contribution >= 4 is 27.3 Å². The molecule has 10 heteroatoms. The Bertz CT molecular complexity index is 1090. The first-order valence-corrected chi connectivity index (χ1v) is 12.0. The number of nitro benzene ring substituents is 1. The smallest absolute Gasteiger partial charge is 0.273 e. The van der Waals surface area contributed by atoms with Crippen LogP contribution in [0.25, 0.3) is 0 Å². The highest BCUT2D eigenvalue weighted by atomic mass is 32.2. The number of hydrogen-bond acceptors (Lipinski definition) is 6. The van der Waals surface area contributed by atoms with E-state index >= 15 is 0 Å². The van der Waals surface area contributed by atoms with Crippen LogP contribution in [0.2, 0.25) is 0 Å². The zero-order valence-electron chi connectivity index (χ0n) is 18.1. The lowest BCUT2D eigenvalue weighted by Crippen LogP contribution is -2.35. The van der Waals surface area contributed by atoms with Crippen LogP contribution < -0.4 is 10.1 Å². The summed E-state index contributed by atoms with van der Waals surface area (Å²) in [5.41, 5.74) is 0.321. The van der Waals surface area contributed by atoms with Crippen molar-refractivity contribution in [2.75, 3.05) is 18.4 Å². The molecule has 32 heavy (non-hydrogen) atoms. The Morgan fingerprint density at radius 3 is 2.50 bits per heavy atom. The lowest BCUT2D eigenvalue weighted by Gasteiger charge is -2.26. The Morgan fingerprint density at radius 1 is 1.16 bits per heavy atom. The Morgan fingerprint density at radius 2 is 1.84 bits per heavy atom. The zero-order chi connectivity index (χ0) is 23.3. The van der Waals surface area contributed by atoms with Crippen LogP contribution in [-0.2, 0) is 21.2 Å². The molecule has 3 rings (SSSR count). The number of nitro groups is 1. The van der Waals surface area contributed by atoms with Gasteiger partial charge in [-0.3, -0.25) is 14.9 Å². The summed E-state index contributed by atoms with van der Waals surface area (Å²) < 4.78 is 33.3. The van der Waals surface area contributed by atoms with Crippen LogP contribution in [0.15, 0.2) is 47.4 Å². The van der Waals surface area contributed by atoms with Crippen LogP contribution in [0, 0.1) is 10.1 Å². The molecule has 0 radical (unpaired) electrons. The number of para-hydroxylation sites is 1. The number of sulfonamides is 1. The maximum absolute atomic E-state index is 13.1. The van der Waals surface area contributed by atoms with Gasteiger partial charge in [-0.25, -0.2) is 8.42 Å². The molecule has 2 aromatic rings. The molecule has 2 aromatic carbocycles. The van der Waals surface area contributed by atoms with Crippen molar-refractivity contribution in [1.82, 2.24) is 4.31 Å². The number of carbonyl (C=O) groups is 1. The number of piperidine rings is 1. The number of nitrogens with one attached hydrogen (secondary N) is 1. The predicted octanol–water partition coefficient (Wildman–Crippen LogP) is 3.74. The maximum Gasteiger partial charge on any atom is 0.273 e. The molecule has 1 amide bonds. The highest BCUT2D eigenvalue weighted by molar-refractivity contribution is 7.89. The third-order valence-electron chi connectivity index (χ3n) is 5.08. The van der Waals surface area contributed by atoms with E-state index in [1.54, 1.807) is 6.07 Å². The van der Waals surface area contributed by atoms with Gasteiger partial charge in [0.2, 0.25) is 15.9 Å². The largest absolute Gasteiger partial charge is 0.489 e. The van der Waals surface area contributed by atoms with Crippen molar-refractivity contribution in [3.05, 3.63) is 58.1 Å². The van der Waals surface area contributed by atoms with Gasteiger partial charge in [0, 0.05) is 24.7 Å². The molecule has 9 nitrogen and oxygen atoms in total. The molecule has 1 fully saturated rings. The van der Waals surface area contributed by atoms with E-state index in [9.17, 15) is 23.3 Å². The summed E-state index contributed by atoms with van der Waals surface area (Å²) in [4.78, 5) is 23.5. The van der Waals surface area contributed by atoms with Gasteiger partial charge >= 0.3 is 0 Å². The van der Waals surface area contributed by atoms with E-state index in [0.29, 0.717) is 18.8 Å². The molecule has 0 bridgehead atoms. The van der Waals surface area contributed by atoms with E-state index in [4.69, 9.17) is 4.74 Å². The molecule has 0 aliphatic carbocycles. The van der Waals surface area contributed by atoms with E-state index in [1.165, 1.54) is 40.7 Å². The normalized spacial score (nSPS) is 14.8. The summed E-state index contributed by atoms with van der Waals surface area (Å²) in [6, 6.07) is 10.4. The molecule has 172 valence electrons. The van der Waals surface area contributed by atoms with Crippen LogP contribution in [0.4, 0.5) is 11.4 Å². The maximum atomic E-state index is 13.1. The number of carbonyl (C=O) groups excluding carboxylic acids is 1. The SMILES string of the molecule is CC(C)Oc1ccc(S(=O)(=O)N2CCCCC2)cc1NC(=O)Cc1ccccc1[N+](=O)[O-]. The zero-order valence-corrected chi connectivity index (χ0v) is 18.9. The highest BCUT2D eigenvalue weighted by Crippen LogP contribution is 2.31.